The molecule has 0 saturated carbocycles. The van der Waals surface area contributed by atoms with E-state index in [-0.39, 0.29) is 17.1 Å². The van der Waals surface area contributed by atoms with Gasteiger partial charge in [0.05, 0.1) is 5.56 Å². The van der Waals surface area contributed by atoms with E-state index in [1.807, 2.05) is 0 Å². The Kier molecular flexibility index (Phi) is 1.81. The molecule has 0 saturated heterocycles. The lowest BCUT2D eigenvalue weighted by molar-refractivity contribution is -0.286. The lowest BCUT2D eigenvalue weighted by Gasteiger charge is -2.04. The molecule has 73 valence electrons. The van der Waals surface area contributed by atoms with Crippen LogP contribution in [0.2, 0.25) is 0 Å². The van der Waals surface area contributed by atoms with Gasteiger partial charge in [-0.1, -0.05) is 6.07 Å². The fraction of sp³-hybridized carbons (Fsp3) is 0.125. The molecule has 1 heterocycles. The molecular formula is C8H3F2O3S. The highest BCUT2D eigenvalue weighted by Gasteiger charge is 2.45. The van der Waals surface area contributed by atoms with Crippen molar-refractivity contribution in [1.82, 2.24) is 0 Å². The van der Waals surface area contributed by atoms with Gasteiger partial charge in [0, 0.05) is 0 Å². The summed E-state index contributed by atoms with van der Waals surface area (Å²) in [5.41, 5.74) is -0.0883. The summed E-state index contributed by atoms with van der Waals surface area (Å²) in [6.45, 7) is 0. The summed E-state index contributed by atoms with van der Waals surface area (Å²) in [5.74, 6) is -0.469. The monoisotopic (exact) mass is 217 g/mol. The summed E-state index contributed by atoms with van der Waals surface area (Å²) in [7, 11) is 0. The fourth-order valence-corrected chi connectivity index (χ4v) is 1.29. The quantitative estimate of drug-likeness (QED) is 0.724. The third-order valence-electron chi connectivity index (χ3n) is 1.65. The molecule has 1 aromatic rings. The van der Waals surface area contributed by atoms with E-state index in [0.29, 0.717) is 0 Å². The molecule has 0 fully saturated rings. The number of hydrogen-bond donors (Lipinski definition) is 0. The molecule has 14 heavy (non-hydrogen) atoms. The number of benzene rings is 1. The average molecular weight is 217 g/mol. The number of carbonyl (C=O) groups is 1. The van der Waals surface area contributed by atoms with Crippen molar-refractivity contribution in [2.24, 2.45) is 0 Å². The smallest absolute Gasteiger partial charge is 0.395 e. The Morgan fingerprint density at radius 1 is 1.36 bits per heavy atom. The Morgan fingerprint density at radius 2 is 2.07 bits per heavy atom. The maximum absolute atomic E-state index is 12.6. The Balaban J connectivity index is 2.52. The van der Waals surface area contributed by atoms with Crippen LogP contribution in [0.1, 0.15) is 10.4 Å². The van der Waals surface area contributed by atoms with Crippen LogP contribution in [-0.2, 0) is 0 Å². The highest BCUT2D eigenvalue weighted by Crippen LogP contribution is 2.43. The number of ether oxygens (including phenoxy) is 2. The summed E-state index contributed by atoms with van der Waals surface area (Å²) in [6, 6.07) is 3.97. The van der Waals surface area contributed by atoms with Crippen LogP contribution >= 0.6 is 12.6 Å². The zero-order valence-electron chi connectivity index (χ0n) is 6.62. The van der Waals surface area contributed by atoms with Crippen molar-refractivity contribution in [3.05, 3.63) is 23.8 Å². The Morgan fingerprint density at radius 3 is 2.71 bits per heavy atom. The van der Waals surface area contributed by atoms with Gasteiger partial charge in [-0.05, 0) is 24.8 Å². The van der Waals surface area contributed by atoms with E-state index in [1.54, 1.807) is 0 Å². The summed E-state index contributed by atoms with van der Waals surface area (Å²) >= 11 is 4.34. The van der Waals surface area contributed by atoms with E-state index in [2.05, 4.69) is 22.1 Å². The molecule has 1 radical (unpaired) electrons. The van der Waals surface area contributed by atoms with Gasteiger partial charge < -0.3 is 9.47 Å². The van der Waals surface area contributed by atoms with Crippen molar-refractivity contribution in [3.63, 3.8) is 0 Å². The molecule has 1 aliphatic heterocycles. The molecule has 0 atom stereocenters. The van der Waals surface area contributed by atoms with Gasteiger partial charge in [0.2, 0.25) is 0 Å². The molecule has 0 aromatic heterocycles. The largest absolute Gasteiger partial charge is 0.586 e. The van der Waals surface area contributed by atoms with Gasteiger partial charge in [-0.3, -0.25) is 4.79 Å². The van der Waals surface area contributed by atoms with Crippen molar-refractivity contribution in [2.45, 2.75) is 6.29 Å². The Hall–Kier alpha value is -1.43. The van der Waals surface area contributed by atoms with Gasteiger partial charge in [-0.15, -0.1) is 8.78 Å². The maximum Gasteiger partial charge on any atom is 0.586 e. The highest BCUT2D eigenvalue weighted by atomic mass is 32.1. The van der Waals surface area contributed by atoms with E-state index >= 15 is 0 Å². The maximum atomic E-state index is 12.6. The first-order valence-corrected chi connectivity index (χ1v) is 4.00. The molecule has 1 aromatic carbocycles. The third-order valence-corrected chi connectivity index (χ3v) is 1.87. The van der Waals surface area contributed by atoms with Gasteiger partial charge in [0.15, 0.2) is 11.5 Å². The average Bonchev–Trinajstić information content (AvgIpc) is 2.36. The summed E-state index contributed by atoms with van der Waals surface area (Å²) in [4.78, 5) is 10.9. The van der Waals surface area contributed by atoms with Crippen LogP contribution in [-0.4, -0.2) is 11.4 Å². The van der Waals surface area contributed by atoms with Crippen LogP contribution in [0.3, 0.4) is 0 Å². The third kappa shape index (κ3) is 1.37. The molecule has 0 amide bonds. The molecule has 2 rings (SSSR count). The van der Waals surface area contributed by atoms with Crippen molar-refractivity contribution in [3.8, 4) is 11.5 Å². The summed E-state index contributed by atoms with van der Waals surface area (Å²) in [6.07, 6.45) is -3.72. The SMILES string of the molecule is O=C([S])c1cccc2c1OC(F)(F)O2. The first kappa shape index (κ1) is 9.14. The number of fused-ring (bicyclic) bond motifs is 1. The molecule has 0 N–H and O–H groups in total. The molecule has 0 bridgehead atoms. The number of alkyl halides is 2. The second-order valence-corrected chi connectivity index (χ2v) is 2.96. The van der Waals surface area contributed by atoms with Crippen LogP contribution < -0.4 is 9.47 Å². The lowest BCUT2D eigenvalue weighted by atomic mass is 10.2. The number of halogens is 2. The number of carbonyl (C=O) groups excluding carboxylic acids is 1. The predicted octanol–water partition coefficient (Wildman–Crippen LogP) is 2.35. The minimum Gasteiger partial charge on any atom is -0.395 e. The van der Waals surface area contributed by atoms with E-state index in [9.17, 15) is 13.6 Å². The van der Waals surface area contributed by atoms with Gasteiger partial charge >= 0.3 is 6.29 Å². The first-order chi connectivity index (χ1) is 6.49. The number of rotatable bonds is 1. The normalized spacial score (nSPS) is 16.7. The van der Waals surface area contributed by atoms with Crippen molar-refractivity contribution in [1.29, 1.82) is 0 Å². The summed E-state index contributed by atoms with van der Waals surface area (Å²) in [5, 5.41) is -0.761. The second kappa shape index (κ2) is 2.78. The molecule has 3 nitrogen and oxygen atoms in total. The van der Waals surface area contributed by atoms with Gasteiger partial charge in [-0.25, -0.2) is 0 Å². The van der Waals surface area contributed by atoms with Crippen LogP contribution in [0.5, 0.6) is 11.5 Å². The Bertz CT molecular complexity index is 406. The Labute approximate surface area is 83.0 Å². The molecular weight excluding hydrogens is 214 g/mol. The van der Waals surface area contributed by atoms with E-state index in [1.165, 1.54) is 18.2 Å². The molecule has 1 aliphatic rings. The zero-order chi connectivity index (χ0) is 10.3. The van der Waals surface area contributed by atoms with Gasteiger partial charge in [-0.2, -0.15) is 0 Å². The van der Waals surface area contributed by atoms with Gasteiger partial charge in [0.1, 0.15) is 0 Å². The molecule has 0 aliphatic carbocycles. The van der Waals surface area contributed by atoms with Crippen molar-refractivity contribution < 1.29 is 23.0 Å². The highest BCUT2D eigenvalue weighted by molar-refractivity contribution is 7.97. The van der Waals surface area contributed by atoms with E-state index in [0.717, 1.165) is 0 Å². The van der Waals surface area contributed by atoms with Crippen molar-refractivity contribution >= 4 is 17.7 Å². The second-order valence-electron chi connectivity index (χ2n) is 2.59. The molecule has 0 spiro atoms. The van der Waals surface area contributed by atoms with Crippen LogP contribution in [0.15, 0.2) is 18.2 Å². The fourth-order valence-electron chi connectivity index (χ4n) is 1.13. The lowest BCUT2D eigenvalue weighted by Crippen LogP contribution is -2.26. The van der Waals surface area contributed by atoms with E-state index < -0.39 is 11.4 Å². The predicted molar refractivity (Wildman–Crippen MR) is 44.6 cm³/mol. The first-order valence-electron chi connectivity index (χ1n) is 3.60. The number of para-hydroxylation sites is 1. The van der Waals surface area contributed by atoms with E-state index in [4.69, 9.17) is 0 Å². The number of hydrogen-bond acceptors (Lipinski definition) is 3. The standard InChI is InChI=1S/C8H3F2O3S/c9-8(10)12-5-3-1-2-4(7(11)14)6(5)13-8/h1-3H. The minimum atomic E-state index is -3.72. The zero-order valence-corrected chi connectivity index (χ0v) is 7.44. The van der Waals surface area contributed by atoms with Gasteiger partial charge in [0.25, 0.3) is 5.12 Å². The van der Waals surface area contributed by atoms with Crippen LogP contribution in [0.25, 0.3) is 0 Å². The molecule has 6 heteroatoms. The minimum absolute atomic E-state index is 0.0883. The van der Waals surface area contributed by atoms with Crippen LogP contribution in [0, 0.1) is 0 Å². The topological polar surface area (TPSA) is 35.5 Å². The van der Waals surface area contributed by atoms with Crippen molar-refractivity contribution in [2.75, 3.05) is 0 Å². The molecule has 0 unspecified atom stereocenters. The summed E-state index contributed by atoms with van der Waals surface area (Å²) < 4.78 is 33.5. The van der Waals surface area contributed by atoms with Crippen LogP contribution in [0.4, 0.5) is 8.78 Å².